The molecule has 0 aromatic heterocycles. The van der Waals surface area contributed by atoms with Gasteiger partial charge in [-0.1, -0.05) is 36.8 Å². The molecule has 186 valence electrons. The molecular weight excluding hydrogens is 446 g/mol. The highest BCUT2D eigenvalue weighted by molar-refractivity contribution is 6.00. The molecule has 0 radical (unpaired) electrons. The molecule has 3 aliphatic rings. The summed E-state index contributed by atoms with van der Waals surface area (Å²) >= 11 is 0. The van der Waals surface area contributed by atoms with E-state index in [1.807, 2.05) is 49.4 Å². The van der Waals surface area contributed by atoms with E-state index in [0.29, 0.717) is 17.4 Å². The Labute approximate surface area is 206 Å². The largest absolute Gasteiger partial charge is 0.497 e. The number of hydrogen-bond donors (Lipinski definition) is 1. The molecule has 35 heavy (non-hydrogen) atoms. The second-order valence-electron chi connectivity index (χ2n) is 9.73. The van der Waals surface area contributed by atoms with Gasteiger partial charge < -0.3 is 19.3 Å². The molecule has 3 saturated heterocycles. The summed E-state index contributed by atoms with van der Waals surface area (Å²) in [6, 6.07) is 12.9. The molecule has 2 aromatic carbocycles. The second kappa shape index (κ2) is 9.05. The van der Waals surface area contributed by atoms with Gasteiger partial charge in [-0.2, -0.15) is 0 Å². The Bertz CT molecular complexity index is 1140. The van der Waals surface area contributed by atoms with Crippen molar-refractivity contribution in [1.29, 1.82) is 0 Å². The third-order valence-electron chi connectivity index (χ3n) is 7.20. The average molecular weight is 480 g/mol. The lowest BCUT2D eigenvalue weighted by molar-refractivity contribution is -0.139. The van der Waals surface area contributed by atoms with E-state index < -0.39 is 12.2 Å². The Kier molecular flexibility index (Phi) is 6.06. The first kappa shape index (κ1) is 23.4. The number of rotatable bonds is 5. The van der Waals surface area contributed by atoms with E-state index in [9.17, 15) is 9.59 Å². The Morgan fingerprint density at radius 1 is 1.06 bits per heavy atom. The van der Waals surface area contributed by atoms with Crippen LogP contribution in [0.3, 0.4) is 0 Å². The van der Waals surface area contributed by atoms with Crippen LogP contribution in [0, 0.1) is 12.8 Å². The van der Waals surface area contributed by atoms with E-state index in [2.05, 4.69) is 22.0 Å². The van der Waals surface area contributed by atoms with E-state index in [1.54, 1.807) is 26.2 Å². The van der Waals surface area contributed by atoms with E-state index in [0.717, 1.165) is 29.9 Å². The summed E-state index contributed by atoms with van der Waals surface area (Å²) in [6.45, 7) is 5.99. The number of ether oxygens (including phenoxy) is 2. The zero-order valence-electron chi connectivity index (χ0n) is 20.9. The summed E-state index contributed by atoms with van der Waals surface area (Å²) in [6.07, 6.45) is -0.660. The number of benzene rings is 2. The van der Waals surface area contributed by atoms with Crippen LogP contribution in [0.1, 0.15) is 18.1 Å². The number of carbonyl (C=O) groups excluding carboxylic acids is 2. The van der Waals surface area contributed by atoms with Crippen molar-refractivity contribution in [1.82, 2.24) is 20.0 Å². The Hall–Kier alpha value is -3.30. The Balaban J connectivity index is 1.47. The summed E-state index contributed by atoms with van der Waals surface area (Å²) < 4.78 is 11.1. The van der Waals surface area contributed by atoms with Gasteiger partial charge in [0.1, 0.15) is 30.0 Å². The summed E-state index contributed by atoms with van der Waals surface area (Å²) in [7, 11) is 5.04. The predicted octanol–water partition coefficient (Wildman–Crippen LogP) is 2.45. The summed E-state index contributed by atoms with van der Waals surface area (Å²) in [5, 5.41) is 3.57. The fraction of sp³-hybridized carbons (Fsp3) is 0.462. The van der Waals surface area contributed by atoms with Crippen molar-refractivity contribution < 1.29 is 19.1 Å². The summed E-state index contributed by atoms with van der Waals surface area (Å²) in [5.74, 6) is 1.56. The molecule has 2 aromatic rings. The molecule has 0 bridgehead atoms. The lowest BCUT2D eigenvalue weighted by Crippen LogP contribution is -2.66. The number of imide groups is 1. The summed E-state index contributed by atoms with van der Waals surface area (Å²) in [5.41, 5.74) is 2.96. The van der Waals surface area contributed by atoms with E-state index in [-0.39, 0.29) is 24.8 Å². The van der Waals surface area contributed by atoms with Crippen molar-refractivity contribution in [3.05, 3.63) is 53.6 Å². The first-order chi connectivity index (χ1) is 16.8. The van der Waals surface area contributed by atoms with Gasteiger partial charge in [-0.3, -0.25) is 19.9 Å². The molecule has 4 unspecified atom stereocenters. The highest BCUT2D eigenvalue weighted by Gasteiger charge is 2.57. The molecule has 0 spiro atoms. The van der Waals surface area contributed by atoms with Crippen LogP contribution in [0.4, 0.5) is 10.5 Å². The van der Waals surface area contributed by atoms with Gasteiger partial charge in [-0.15, -0.1) is 0 Å². The Morgan fingerprint density at radius 2 is 1.86 bits per heavy atom. The second-order valence-corrected chi connectivity index (χ2v) is 9.73. The number of carbonyl (C=O) groups is 2. The van der Waals surface area contributed by atoms with Crippen LogP contribution in [0.5, 0.6) is 11.5 Å². The number of anilines is 1. The lowest BCUT2D eigenvalue weighted by atomic mass is 10.0. The maximum atomic E-state index is 13.8. The van der Waals surface area contributed by atoms with Gasteiger partial charge in [0.25, 0.3) is 5.91 Å². The van der Waals surface area contributed by atoms with Gasteiger partial charge >= 0.3 is 6.03 Å². The van der Waals surface area contributed by atoms with Crippen molar-refractivity contribution in [2.24, 2.45) is 5.92 Å². The van der Waals surface area contributed by atoms with Gasteiger partial charge in [-0.05, 0) is 30.5 Å². The van der Waals surface area contributed by atoms with Gasteiger partial charge in [0.05, 0.1) is 26.5 Å². The number of fused-ring (bicyclic) bond motifs is 3. The van der Waals surface area contributed by atoms with E-state index in [1.165, 1.54) is 4.90 Å². The minimum atomic E-state index is -0.470. The van der Waals surface area contributed by atoms with Crippen molar-refractivity contribution in [2.45, 2.75) is 38.9 Å². The number of nitrogens with zero attached hydrogens (tertiary/aromatic N) is 4. The zero-order valence-corrected chi connectivity index (χ0v) is 20.9. The molecule has 0 saturated carbocycles. The molecule has 3 fully saturated rings. The molecule has 3 amide bonds. The third kappa shape index (κ3) is 3.98. The lowest BCUT2D eigenvalue weighted by Gasteiger charge is -2.46. The van der Waals surface area contributed by atoms with Crippen molar-refractivity contribution in [3.63, 3.8) is 0 Å². The third-order valence-corrected chi connectivity index (χ3v) is 7.20. The first-order valence-electron chi connectivity index (χ1n) is 12.0. The van der Waals surface area contributed by atoms with Crippen molar-refractivity contribution >= 4 is 17.6 Å². The minimum Gasteiger partial charge on any atom is -0.497 e. The molecule has 0 aliphatic carbocycles. The monoisotopic (exact) mass is 479 g/mol. The first-order valence-corrected chi connectivity index (χ1v) is 12.0. The zero-order chi connectivity index (χ0) is 24.9. The number of aryl methyl sites for hydroxylation is 1. The van der Waals surface area contributed by atoms with E-state index in [4.69, 9.17) is 9.47 Å². The van der Waals surface area contributed by atoms with Crippen LogP contribution >= 0.6 is 0 Å². The quantitative estimate of drug-likeness (QED) is 0.706. The van der Waals surface area contributed by atoms with Crippen LogP contribution in [0.2, 0.25) is 0 Å². The van der Waals surface area contributed by atoms with Crippen LogP contribution in [-0.4, -0.2) is 79.5 Å². The number of likely N-dealkylation sites (N-methyl/N-ethyl adjacent to an activating group) is 1. The fourth-order valence-electron chi connectivity index (χ4n) is 5.56. The fourth-order valence-corrected chi connectivity index (χ4v) is 5.56. The van der Waals surface area contributed by atoms with Crippen LogP contribution in [0.15, 0.2) is 42.5 Å². The van der Waals surface area contributed by atoms with Crippen molar-refractivity contribution in [2.75, 3.05) is 39.3 Å². The highest BCUT2D eigenvalue weighted by atomic mass is 16.5. The van der Waals surface area contributed by atoms with Crippen molar-refractivity contribution in [3.8, 4) is 11.5 Å². The summed E-state index contributed by atoms with van der Waals surface area (Å²) in [4.78, 5) is 34.5. The van der Waals surface area contributed by atoms with Gasteiger partial charge in [0.15, 0.2) is 0 Å². The molecule has 4 atom stereocenters. The molecule has 3 aliphatic heterocycles. The number of methoxy groups -OCH3 is 2. The predicted molar refractivity (Wildman–Crippen MR) is 132 cm³/mol. The maximum Gasteiger partial charge on any atom is 0.328 e. The number of urea groups is 1. The van der Waals surface area contributed by atoms with Crippen LogP contribution in [-0.2, 0) is 11.3 Å². The molecule has 9 heteroatoms. The number of hydrogen-bond acceptors (Lipinski definition) is 7. The highest BCUT2D eigenvalue weighted by Crippen LogP contribution is 2.39. The molecule has 3 heterocycles. The van der Waals surface area contributed by atoms with E-state index >= 15 is 0 Å². The topological polar surface area (TPSA) is 77.6 Å². The number of nitrogens with one attached hydrogen (secondary N) is 1. The molecular formula is C26H33N5O4. The van der Waals surface area contributed by atoms with Gasteiger partial charge in [0, 0.05) is 26.2 Å². The minimum absolute atomic E-state index is 0.162. The standard InChI is InChI=1S/C26H33N5O4/c1-16-7-6-8-18(11-16)15-31-24(32)22-23(28(3)26(31)33)27-25-29(13-17(2)14-30(22)25)20-10-9-19(34-4)12-21(20)35-5/h6-12,17,22-23,25,27H,13-15H2,1-5H3. The smallest absolute Gasteiger partial charge is 0.328 e. The van der Waals surface area contributed by atoms with Crippen LogP contribution < -0.4 is 19.7 Å². The van der Waals surface area contributed by atoms with Gasteiger partial charge in [0.2, 0.25) is 0 Å². The van der Waals surface area contributed by atoms with Gasteiger partial charge in [-0.25, -0.2) is 4.79 Å². The van der Waals surface area contributed by atoms with Crippen LogP contribution in [0.25, 0.3) is 0 Å². The average Bonchev–Trinajstić information content (AvgIpc) is 3.24. The Morgan fingerprint density at radius 3 is 2.57 bits per heavy atom. The molecule has 5 rings (SSSR count). The number of amides is 3. The SMILES string of the molecule is COc1ccc(N2CC(C)CN3C4C(=O)N(Cc5cccc(C)c5)C(=O)N(C)C4NC23)c(OC)c1. The molecule has 1 N–H and O–H groups in total. The normalized spacial score (nSPS) is 26.6. The molecule has 9 nitrogen and oxygen atoms in total. The maximum absolute atomic E-state index is 13.8.